The van der Waals surface area contributed by atoms with Crippen LogP contribution in [0.1, 0.15) is 44.3 Å². The molecule has 0 spiro atoms. The van der Waals surface area contributed by atoms with E-state index in [2.05, 4.69) is 10.1 Å². The number of nitrogens with zero attached hydrogens (tertiary/aromatic N) is 3. The second-order valence-corrected chi connectivity index (χ2v) is 8.20. The molecule has 1 aliphatic rings. The summed E-state index contributed by atoms with van der Waals surface area (Å²) in [5, 5.41) is 4.43. The first-order valence-corrected chi connectivity index (χ1v) is 10.5. The summed E-state index contributed by atoms with van der Waals surface area (Å²) in [6.07, 6.45) is 3.03. The summed E-state index contributed by atoms with van der Waals surface area (Å²) in [6, 6.07) is 7.10. The van der Waals surface area contributed by atoms with Gasteiger partial charge in [-0.25, -0.2) is 0 Å². The zero-order valence-electron chi connectivity index (χ0n) is 17.1. The lowest BCUT2D eigenvalue weighted by atomic mass is 9.77. The van der Waals surface area contributed by atoms with Crippen molar-refractivity contribution in [3.63, 3.8) is 0 Å². The molecule has 2 amide bonds. The zero-order valence-corrected chi connectivity index (χ0v) is 17.9. The maximum absolute atomic E-state index is 12.8. The van der Waals surface area contributed by atoms with E-state index in [4.69, 9.17) is 26.6 Å². The summed E-state index contributed by atoms with van der Waals surface area (Å²) in [5.41, 5.74) is 5.00. The lowest BCUT2D eigenvalue weighted by Gasteiger charge is -2.42. The van der Waals surface area contributed by atoms with Gasteiger partial charge in [-0.1, -0.05) is 29.7 Å². The number of carbonyl (C=O) groups is 2. The number of piperidine rings is 1. The quantitative estimate of drug-likeness (QED) is 0.649. The average Bonchev–Trinajstić information content (AvgIpc) is 3.18. The summed E-state index contributed by atoms with van der Waals surface area (Å²) < 4.78 is 11.1. The molecular formula is C21H27ClN4O4. The minimum atomic E-state index is -0.526. The van der Waals surface area contributed by atoms with Crippen LogP contribution in [0.15, 0.2) is 28.8 Å². The lowest BCUT2D eigenvalue weighted by Crippen LogP contribution is -2.50. The molecule has 0 radical (unpaired) electrons. The second-order valence-electron chi connectivity index (χ2n) is 7.77. The Hall–Kier alpha value is -2.61. The minimum Gasteiger partial charge on any atom is -0.493 e. The van der Waals surface area contributed by atoms with E-state index < -0.39 is 11.3 Å². The predicted octanol–water partition coefficient (Wildman–Crippen LogP) is 2.78. The molecule has 9 heteroatoms. The Morgan fingerprint density at radius 3 is 2.93 bits per heavy atom. The third kappa shape index (κ3) is 5.95. The molecule has 2 aromatic rings. The summed E-state index contributed by atoms with van der Waals surface area (Å²) in [4.78, 5) is 30.6. The van der Waals surface area contributed by atoms with E-state index in [9.17, 15) is 9.59 Å². The van der Waals surface area contributed by atoms with Crippen LogP contribution in [-0.2, 0) is 22.4 Å². The van der Waals surface area contributed by atoms with Crippen LogP contribution in [0.25, 0.3) is 0 Å². The maximum Gasteiger partial charge on any atom is 0.227 e. The van der Waals surface area contributed by atoms with Crippen LogP contribution in [0.3, 0.4) is 0 Å². The molecule has 3 rings (SSSR count). The van der Waals surface area contributed by atoms with Gasteiger partial charge in [0, 0.05) is 49.2 Å². The number of ether oxygens (including phenoxy) is 1. The van der Waals surface area contributed by atoms with Gasteiger partial charge in [-0.15, -0.1) is 0 Å². The van der Waals surface area contributed by atoms with E-state index in [0.29, 0.717) is 48.4 Å². The van der Waals surface area contributed by atoms with Gasteiger partial charge in [-0.05, 0) is 31.0 Å². The normalized spacial score (nSPS) is 18.9. The fraction of sp³-hybridized carbons (Fsp3) is 0.524. The number of nitrogens with two attached hydrogens (primary N) is 1. The zero-order chi connectivity index (χ0) is 21.6. The Balaban J connectivity index is 1.63. The number of hydrogen-bond acceptors (Lipinski definition) is 6. The van der Waals surface area contributed by atoms with Crippen molar-refractivity contribution in [2.24, 2.45) is 11.1 Å². The van der Waals surface area contributed by atoms with Gasteiger partial charge >= 0.3 is 0 Å². The fourth-order valence-corrected chi connectivity index (χ4v) is 3.98. The van der Waals surface area contributed by atoms with Crippen LogP contribution in [0.4, 0.5) is 0 Å². The molecule has 0 bridgehead atoms. The van der Waals surface area contributed by atoms with Crippen LogP contribution in [0, 0.1) is 5.41 Å². The standard InChI is InChI=1S/C21H27ClN4O4/c1-2-18-24-19(30-25-18)7-8-20(28)26-10-4-9-21(13-26,12-17(23)27)14-29-16-6-3-5-15(22)11-16/h3,5-6,11H,2,4,7-10,12-14H2,1H3,(H2,23,27)/t21-/m1/s1. The van der Waals surface area contributed by atoms with Gasteiger partial charge in [-0.3, -0.25) is 9.59 Å². The molecule has 1 aromatic heterocycles. The van der Waals surface area contributed by atoms with E-state index in [1.165, 1.54) is 0 Å². The Kier molecular flexibility index (Phi) is 7.31. The number of amides is 2. The molecule has 162 valence electrons. The summed E-state index contributed by atoms with van der Waals surface area (Å²) in [5.74, 6) is 1.30. The van der Waals surface area contributed by atoms with E-state index in [1.807, 2.05) is 13.0 Å². The first kappa shape index (κ1) is 22.1. The molecule has 8 nitrogen and oxygen atoms in total. The number of aryl methyl sites for hydroxylation is 2. The Labute approximate surface area is 180 Å². The van der Waals surface area contributed by atoms with Crippen LogP contribution in [0.2, 0.25) is 5.02 Å². The molecule has 1 aliphatic heterocycles. The van der Waals surface area contributed by atoms with Crippen molar-refractivity contribution in [3.05, 3.63) is 41.0 Å². The second kappa shape index (κ2) is 9.93. The summed E-state index contributed by atoms with van der Waals surface area (Å²) in [6.45, 7) is 3.28. The van der Waals surface area contributed by atoms with Crippen LogP contribution in [-0.4, -0.2) is 46.6 Å². The van der Waals surface area contributed by atoms with Gasteiger partial charge in [0.25, 0.3) is 0 Å². The van der Waals surface area contributed by atoms with Crippen molar-refractivity contribution in [2.75, 3.05) is 19.7 Å². The van der Waals surface area contributed by atoms with Crippen molar-refractivity contribution in [2.45, 2.75) is 45.4 Å². The van der Waals surface area contributed by atoms with Crippen LogP contribution >= 0.6 is 11.6 Å². The molecule has 30 heavy (non-hydrogen) atoms. The lowest BCUT2D eigenvalue weighted by molar-refractivity contribution is -0.137. The number of halogens is 1. The number of carbonyl (C=O) groups excluding carboxylic acids is 2. The van der Waals surface area contributed by atoms with Crippen molar-refractivity contribution >= 4 is 23.4 Å². The van der Waals surface area contributed by atoms with Gasteiger partial charge in [0.2, 0.25) is 17.7 Å². The molecule has 1 fully saturated rings. The predicted molar refractivity (Wildman–Crippen MR) is 111 cm³/mol. The average molecular weight is 435 g/mol. The molecule has 0 saturated carbocycles. The van der Waals surface area contributed by atoms with Crippen molar-refractivity contribution in [1.82, 2.24) is 15.0 Å². The molecule has 2 heterocycles. The monoisotopic (exact) mass is 434 g/mol. The van der Waals surface area contributed by atoms with Gasteiger partial charge in [-0.2, -0.15) is 4.98 Å². The molecule has 1 aromatic carbocycles. The Morgan fingerprint density at radius 1 is 1.40 bits per heavy atom. The van der Waals surface area contributed by atoms with Crippen molar-refractivity contribution in [3.8, 4) is 5.75 Å². The Bertz CT molecular complexity index is 887. The minimum absolute atomic E-state index is 0.0115. The highest BCUT2D eigenvalue weighted by Crippen LogP contribution is 2.35. The number of aromatic nitrogens is 2. The van der Waals surface area contributed by atoms with E-state index in [1.54, 1.807) is 23.1 Å². The molecule has 0 aliphatic carbocycles. The number of benzene rings is 1. The first-order valence-electron chi connectivity index (χ1n) is 10.1. The fourth-order valence-electron chi connectivity index (χ4n) is 3.80. The van der Waals surface area contributed by atoms with Crippen molar-refractivity contribution < 1.29 is 18.8 Å². The first-order chi connectivity index (χ1) is 14.4. The SMILES string of the molecule is CCc1noc(CCC(=O)N2CCC[C@@](COc3cccc(Cl)c3)(CC(N)=O)C2)n1. The van der Waals surface area contributed by atoms with Gasteiger partial charge < -0.3 is 19.9 Å². The topological polar surface area (TPSA) is 112 Å². The molecule has 1 saturated heterocycles. The van der Waals surface area contributed by atoms with E-state index in [0.717, 1.165) is 12.8 Å². The largest absolute Gasteiger partial charge is 0.493 e. The Morgan fingerprint density at radius 2 is 2.23 bits per heavy atom. The number of rotatable bonds is 9. The number of primary amides is 1. The molecule has 1 atom stereocenters. The molecule has 0 unspecified atom stereocenters. The van der Waals surface area contributed by atoms with Gasteiger partial charge in [0.1, 0.15) is 5.75 Å². The van der Waals surface area contributed by atoms with Crippen LogP contribution in [0.5, 0.6) is 5.75 Å². The molecular weight excluding hydrogens is 408 g/mol. The number of hydrogen-bond donors (Lipinski definition) is 1. The van der Waals surface area contributed by atoms with E-state index >= 15 is 0 Å². The van der Waals surface area contributed by atoms with Crippen molar-refractivity contribution in [1.29, 1.82) is 0 Å². The summed E-state index contributed by atoms with van der Waals surface area (Å²) in [7, 11) is 0. The number of likely N-dealkylation sites (tertiary alicyclic amines) is 1. The van der Waals surface area contributed by atoms with E-state index in [-0.39, 0.29) is 25.4 Å². The smallest absolute Gasteiger partial charge is 0.227 e. The molecule has 2 N–H and O–H groups in total. The summed E-state index contributed by atoms with van der Waals surface area (Å²) >= 11 is 6.02. The third-order valence-corrected chi connectivity index (χ3v) is 5.52. The highest BCUT2D eigenvalue weighted by molar-refractivity contribution is 6.30. The maximum atomic E-state index is 12.8. The van der Waals surface area contributed by atoms with Gasteiger partial charge in [0.15, 0.2) is 5.82 Å². The third-order valence-electron chi connectivity index (χ3n) is 5.28. The highest BCUT2D eigenvalue weighted by atomic mass is 35.5. The van der Waals surface area contributed by atoms with Crippen LogP contribution < -0.4 is 10.5 Å². The van der Waals surface area contributed by atoms with Gasteiger partial charge in [0.05, 0.1) is 6.61 Å². The highest BCUT2D eigenvalue weighted by Gasteiger charge is 2.39.